The van der Waals surface area contributed by atoms with Gasteiger partial charge in [-0.2, -0.15) is 0 Å². The fourth-order valence-electron chi connectivity index (χ4n) is 2.64. The molecule has 0 aliphatic rings. The van der Waals surface area contributed by atoms with Gasteiger partial charge in [0.1, 0.15) is 0 Å². The van der Waals surface area contributed by atoms with Gasteiger partial charge in [-0.25, -0.2) is 0 Å². The normalized spacial score (nSPS) is 10.5. The summed E-state index contributed by atoms with van der Waals surface area (Å²) >= 11 is 0. The number of rotatable bonds is 9. The van der Waals surface area contributed by atoms with E-state index in [2.05, 4.69) is 29.4 Å². The highest BCUT2D eigenvalue weighted by atomic mass is 16.2. The lowest BCUT2D eigenvalue weighted by Crippen LogP contribution is -2.33. The van der Waals surface area contributed by atoms with E-state index in [4.69, 9.17) is 5.73 Å². The van der Waals surface area contributed by atoms with Crippen molar-refractivity contribution < 1.29 is 14.4 Å². The number of nitrogens with zero attached hydrogens (tertiary/aromatic N) is 1. The molecule has 0 fully saturated rings. The summed E-state index contributed by atoms with van der Waals surface area (Å²) in [5.41, 5.74) is 7.66. The number of nitrogens with two attached hydrogens (primary N) is 1. The van der Waals surface area contributed by atoms with E-state index < -0.39 is 11.8 Å². The molecule has 0 aromatic heterocycles. The summed E-state index contributed by atoms with van der Waals surface area (Å²) in [5, 5.41) is 5.21. The number of anilines is 1. The van der Waals surface area contributed by atoms with Gasteiger partial charge >= 0.3 is 0 Å². The van der Waals surface area contributed by atoms with E-state index in [0.717, 1.165) is 25.2 Å². The Morgan fingerprint density at radius 3 is 1.93 bits per heavy atom. The van der Waals surface area contributed by atoms with Crippen molar-refractivity contribution in [1.29, 1.82) is 0 Å². The average Bonchev–Trinajstić information content (AvgIpc) is 2.71. The fraction of sp³-hybridized carbons (Fsp3) is 0.286. The van der Waals surface area contributed by atoms with E-state index in [1.165, 1.54) is 0 Å². The summed E-state index contributed by atoms with van der Waals surface area (Å²) in [6, 6.07) is 13.9. The standard InChI is InChI=1S/C21H26N4O3/c1-3-25(4-2)14-15-5-7-17(8-6-15)21(28)24-18-11-9-16(10-12-18)20(27)23-13-19(22)26/h5-12H,3-4,13-14H2,1-2H3,(H2,22,26)(H,23,27)(H,24,28). The van der Waals surface area contributed by atoms with Gasteiger partial charge in [0, 0.05) is 23.4 Å². The first-order valence-electron chi connectivity index (χ1n) is 9.22. The van der Waals surface area contributed by atoms with Gasteiger partial charge in [0.25, 0.3) is 11.8 Å². The Bertz CT molecular complexity index is 813. The van der Waals surface area contributed by atoms with Crippen molar-refractivity contribution in [2.45, 2.75) is 20.4 Å². The van der Waals surface area contributed by atoms with Crippen molar-refractivity contribution in [2.24, 2.45) is 5.73 Å². The number of amides is 3. The van der Waals surface area contributed by atoms with Crippen molar-refractivity contribution in [3.63, 3.8) is 0 Å². The van der Waals surface area contributed by atoms with Crippen LogP contribution in [0.1, 0.15) is 40.1 Å². The highest BCUT2D eigenvalue weighted by Gasteiger charge is 2.09. The molecular weight excluding hydrogens is 356 g/mol. The molecule has 0 saturated carbocycles. The van der Waals surface area contributed by atoms with Crippen molar-refractivity contribution in [1.82, 2.24) is 10.2 Å². The molecule has 148 valence electrons. The van der Waals surface area contributed by atoms with Crippen LogP contribution >= 0.6 is 0 Å². The van der Waals surface area contributed by atoms with Crippen molar-refractivity contribution >= 4 is 23.4 Å². The summed E-state index contributed by atoms with van der Waals surface area (Å²) < 4.78 is 0. The molecule has 28 heavy (non-hydrogen) atoms. The molecular formula is C21H26N4O3. The topological polar surface area (TPSA) is 105 Å². The molecule has 0 bridgehead atoms. The molecule has 4 N–H and O–H groups in total. The number of carbonyl (C=O) groups is 3. The van der Waals surface area contributed by atoms with Crippen LogP contribution in [0.15, 0.2) is 48.5 Å². The molecule has 2 aromatic rings. The number of hydrogen-bond acceptors (Lipinski definition) is 4. The molecule has 0 unspecified atom stereocenters. The van der Waals surface area contributed by atoms with Crippen LogP contribution in [0.2, 0.25) is 0 Å². The van der Waals surface area contributed by atoms with Gasteiger partial charge in [-0.3, -0.25) is 19.3 Å². The SMILES string of the molecule is CCN(CC)Cc1ccc(C(=O)Nc2ccc(C(=O)NCC(N)=O)cc2)cc1. The molecule has 2 aromatic carbocycles. The van der Waals surface area contributed by atoms with Crippen molar-refractivity contribution in [2.75, 3.05) is 25.0 Å². The summed E-state index contributed by atoms with van der Waals surface area (Å²) in [6.45, 7) is 6.84. The van der Waals surface area contributed by atoms with E-state index in [0.29, 0.717) is 16.8 Å². The van der Waals surface area contributed by atoms with Crippen LogP contribution in [-0.4, -0.2) is 42.3 Å². The lowest BCUT2D eigenvalue weighted by molar-refractivity contribution is -0.117. The molecule has 0 spiro atoms. The van der Waals surface area contributed by atoms with Gasteiger partial charge < -0.3 is 16.4 Å². The first kappa shape index (κ1) is 21.1. The predicted octanol–water partition coefficient (Wildman–Crippen LogP) is 2.00. The van der Waals surface area contributed by atoms with Gasteiger partial charge in [0.15, 0.2) is 0 Å². The molecule has 0 radical (unpaired) electrons. The molecule has 0 saturated heterocycles. The average molecular weight is 382 g/mol. The van der Waals surface area contributed by atoms with Crippen molar-refractivity contribution in [3.05, 3.63) is 65.2 Å². The van der Waals surface area contributed by atoms with Crippen LogP contribution in [0.4, 0.5) is 5.69 Å². The Morgan fingerprint density at radius 1 is 0.857 bits per heavy atom. The molecule has 3 amide bonds. The van der Waals surface area contributed by atoms with Gasteiger partial charge in [0.2, 0.25) is 5.91 Å². The number of nitrogens with one attached hydrogen (secondary N) is 2. The quantitative estimate of drug-likeness (QED) is 0.617. The third-order valence-corrected chi connectivity index (χ3v) is 4.34. The monoisotopic (exact) mass is 382 g/mol. The lowest BCUT2D eigenvalue weighted by Gasteiger charge is -2.18. The Kier molecular flexibility index (Phi) is 7.71. The van der Waals surface area contributed by atoms with Crippen LogP contribution in [0, 0.1) is 0 Å². The van der Waals surface area contributed by atoms with Crippen LogP contribution in [0.25, 0.3) is 0 Å². The molecule has 0 aliphatic heterocycles. The smallest absolute Gasteiger partial charge is 0.255 e. The number of benzene rings is 2. The lowest BCUT2D eigenvalue weighted by atomic mass is 10.1. The van der Waals surface area contributed by atoms with Crippen LogP contribution in [-0.2, 0) is 11.3 Å². The molecule has 2 rings (SSSR count). The van der Waals surface area contributed by atoms with Gasteiger partial charge in [-0.1, -0.05) is 26.0 Å². The molecule has 7 nitrogen and oxygen atoms in total. The second-order valence-electron chi connectivity index (χ2n) is 6.34. The third kappa shape index (κ3) is 6.21. The van der Waals surface area contributed by atoms with E-state index in [-0.39, 0.29) is 12.5 Å². The van der Waals surface area contributed by atoms with Gasteiger partial charge in [0.05, 0.1) is 6.54 Å². The molecule has 7 heteroatoms. The Morgan fingerprint density at radius 2 is 1.39 bits per heavy atom. The van der Waals surface area contributed by atoms with E-state index in [1.54, 1.807) is 36.4 Å². The van der Waals surface area contributed by atoms with Crippen LogP contribution < -0.4 is 16.4 Å². The highest BCUT2D eigenvalue weighted by molar-refractivity contribution is 6.04. The molecule has 0 heterocycles. The predicted molar refractivity (Wildman–Crippen MR) is 109 cm³/mol. The summed E-state index contributed by atoms with van der Waals surface area (Å²) in [5.74, 6) is -1.24. The Labute approximate surface area is 164 Å². The van der Waals surface area contributed by atoms with Crippen LogP contribution in [0.3, 0.4) is 0 Å². The Balaban J connectivity index is 1.95. The second-order valence-corrected chi connectivity index (χ2v) is 6.34. The maximum atomic E-state index is 12.4. The summed E-state index contributed by atoms with van der Waals surface area (Å²) in [6.07, 6.45) is 0. The Hall–Kier alpha value is -3.19. The minimum atomic E-state index is -0.611. The van der Waals surface area contributed by atoms with E-state index in [9.17, 15) is 14.4 Å². The van der Waals surface area contributed by atoms with Crippen molar-refractivity contribution in [3.8, 4) is 0 Å². The zero-order chi connectivity index (χ0) is 20.5. The number of hydrogen-bond donors (Lipinski definition) is 3. The maximum absolute atomic E-state index is 12.4. The first-order valence-corrected chi connectivity index (χ1v) is 9.22. The van der Waals surface area contributed by atoms with E-state index in [1.807, 2.05) is 12.1 Å². The van der Waals surface area contributed by atoms with Gasteiger partial charge in [-0.15, -0.1) is 0 Å². The van der Waals surface area contributed by atoms with E-state index >= 15 is 0 Å². The van der Waals surface area contributed by atoms with Crippen LogP contribution in [0.5, 0.6) is 0 Å². The third-order valence-electron chi connectivity index (χ3n) is 4.34. The first-order chi connectivity index (χ1) is 13.4. The summed E-state index contributed by atoms with van der Waals surface area (Å²) in [4.78, 5) is 37.3. The zero-order valence-electron chi connectivity index (χ0n) is 16.2. The van der Waals surface area contributed by atoms with Gasteiger partial charge in [-0.05, 0) is 55.1 Å². The fourth-order valence-corrected chi connectivity index (χ4v) is 2.64. The minimum Gasteiger partial charge on any atom is -0.368 e. The number of primary amides is 1. The summed E-state index contributed by atoms with van der Waals surface area (Å²) in [7, 11) is 0. The largest absolute Gasteiger partial charge is 0.368 e. The minimum absolute atomic E-state index is 0.221. The molecule has 0 atom stereocenters. The number of carbonyl (C=O) groups excluding carboxylic acids is 3. The molecule has 0 aliphatic carbocycles. The zero-order valence-corrected chi connectivity index (χ0v) is 16.2. The maximum Gasteiger partial charge on any atom is 0.255 e. The highest BCUT2D eigenvalue weighted by Crippen LogP contribution is 2.13. The second kappa shape index (κ2) is 10.2.